The van der Waals surface area contributed by atoms with Gasteiger partial charge in [-0.05, 0) is 30.2 Å². The minimum Gasteiger partial charge on any atom is -0.352 e. The van der Waals surface area contributed by atoms with Gasteiger partial charge in [-0.1, -0.05) is 42.5 Å². The summed E-state index contributed by atoms with van der Waals surface area (Å²) in [5.41, 5.74) is 3.29. The molecule has 2 aromatic rings. The Labute approximate surface area is 176 Å². The molecule has 3 amide bonds. The Kier molecular flexibility index (Phi) is 7.32. The monoisotopic (exact) mass is 406 g/mol. The van der Waals surface area contributed by atoms with Gasteiger partial charge in [0.2, 0.25) is 11.8 Å². The second-order valence-corrected chi connectivity index (χ2v) is 7.02. The second kappa shape index (κ2) is 10.3. The average molecular weight is 406 g/mol. The molecular weight excluding hydrogens is 380 g/mol. The van der Waals surface area contributed by atoms with E-state index in [9.17, 15) is 14.4 Å². The zero-order chi connectivity index (χ0) is 21.3. The van der Waals surface area contributed by atoms with Crippen molar-refractivity contribution in [3.05, 3.63) is 71.3 Å². The zero-order valence-electron chi connectivity index (χ0n) is 17.1. The van der Waals surface area contributed by atoms with Crippen LogP contribution in [-0.4, -0.2) is 41.5 Å². The summed E-state index contributed by atoms with van der Waals surface area (Å²) in [6, 6.07) is 16.9. The number of carbonyl (C=O) groups excluding carboxylic acids is 3. The van der Waals surface area contributed by atoms with Crippen LogP contribution in [0.5, 0.6) is 0 Å². The summed E-state index contributed by atoms with van der Waals surface area (Å²) < 4.78 is 0. The molecule has 7 nitrogen and oxygen atoms in total. The number of hydrazone groups is 1. The Balaban J connectivity index is 1.45. The fourth-order valence-electron chi connectivity index (χ4n) is 3.19. The Hall–Kier alpha value is -3.48. The van der Waals surface area contributed by atoms with Crippen LogP contribution in [0.1, 0.15) is 47.7 Å². The fraction of sp³-hybridized carbons (Fsp3) is 0.304. The summed E-state index contributed by atoms with van der Waals surface area (Å²) >= 11 is 0. The molecule has 156 valence electrons. The van der Waals surface area contributed by atoms with Crippen LogP contribution in [0.3, 0.4) is 0 Å². The van der Waals surface area contributed by atoms with Crippen LogP contribution < -0.4 is 10.6 Å². The van der Waals surface area contributed by atoms with Crippen LogP contribution in [0.4, 0.5) is 0 Å². The van der Waals surface area contributed by atoms with Gasteiger partial charge in [-0.25, -0.2) is 5.01 Å². The molecule has 0 radical (unpaired) electrons. The molecule has 7 heteroatoms. The molecule has 0 aliphatic carbocycles. The number of carbonyl (C=O) groups is 3. The van der Waals surface area contributed by atoms with Gasteiger partial charge in [-0.3, -0.25) is 14.4 Å². The molecule has 1 aliphatic rings. The van der Waals surface area contributed by atoms with E-state index in [1.54, 1.807) is 18.2 Å². The quantitative estimate of drug-likeness (QED) is 0.706. The molecule has 0 aromatic heterocycles. The summed E-state index contributed by atoms with van der Waals surface area (Å²) in [4.78, 5) is 36.4. The van der Waals surface area contributed by atoms with E-state index in [1.165, 1.54) is 5.01 Å². The average Bonchev–Trinajstić information content (AvgIpc) is 3.27. The third kappa shape index (κ3) is 5.76. The highest BCUT2D eigenvalue weighted by molar-refractivity contribution is 6.02. The van der Waals surface area contributed by atoms with Gasteiger partial charge < -0.3 is 10.6 Å². The number of amides is 3. The molecule has 0 saturated carbocycles. The van der Waals surface area contributed by atoms with Gasteiger partial charge in [0.1, 0.15) is 0 Å². The van der Waals surface area contributed by atoms with Crippen molar-refractivity contribution in [2.45, 2.75) is 32.7 Å². The van der Waals surface area contributed by atoms with Crippen molar-refractivity contribution in [1.29, 1.82) is 0 Å². The molecule has 2 aromatic carbocycles. The van der Waals surface area contributed by atoms with Crippen molar-refractivity contribution in [3.8, 4) is 0 Å². The van der Waals surface area contributed by atoms with E-state index in [0.29, 0.717) is 31.6 Å². The van der Waals surface area contributed by atoms with Gasteiger partial charge in [0.25, 0.3) is 5.91 Å². The lowest BCUT2D eigenvalue weighted by Crippen LogP contribution is -2.27. The van der Waals surface area contributed by atoms with E-state index in [0.717, 1.165) is 16.8 Å². The summed E-state index contributed by atoms with van der Waals surface area (Å²) in [7, 11) is 0. The van der Waals surface area contributed by atoms with E-state index < -0.39 is 0 Å². The smallest absolute Gasteiger partial charge is 0.251 e. The Bertz CT molecular complexity index is 940. The first-order valence-electron chi connectivity index (χ1n) is 10.1. The lowest BCUT2D eigenvalue weighted by atomic mass is 10.1. The van der Waals surface area contributed by atoms with Crippen molar-refractivity contribution in [1.82, 2.24) is 15.6 Å². The summed E-state index contributed by atoms with van der Waals surface area (Å²) in [5, 5.41) is 11.4. The molecule has 0 saturated heterocycles. The second-order valence-electron chi connectivity index (χ2n) is 7.02. The van der Waals surface area contributed by atoms with E-state index in [4.69, 9.17) is 0 Å². The van der Waals surface area contributed by atoms with Crippen molar-refractivity contribution >= 4 is 23.4 Å². The van der Waals surface area contributed by atoms with Crippen LogP contribution in [-0.2, 0) is 16.1 Å². The minimum atomic E-state index is -0.210. The fourth-order valence-corrected chi connectivity index (χ4v) is 3.19. The maximum absolute atomic E-state index is 12.4. The van der Waals surface area contributed by atoms with E-state index in [1.807, 2.05) is 43.3 Å². The summed E-state index contributed by atoms with van der Waals surface area (Å²) in [5.74, 6) is -0.509. The lowest BCUT2D eigenvalue weighted by Gasteiger charge is -2.11. The molecular formula is C23H26N4O3. The largest absolute Gasteiger partial charge is 0.352 e. The SMILES string of the molecule is CCNC(=O)c1cccc(CNC(=O)CCC(=O)N2CCC(c3ccccc3)=N2)c1. The standard InChI is InChI=1S/C23H26N4O3/c1-2-24-23(30)19-10-6-7-17(15-19)16-25-21(28)11-12-22(29)27-14-13-20(26-27)18-8-4-3-5-9-18/h3-10,15H,2,11-14,16H2,1H3,(H,24,30)(H,25,28). The molecule has 30 heavy (non-hydrogen) atoms. The number of rotatable bonds is 8. The zero-order valence-corrected chi connectivity index (χ0v) is 17.1. The molecule has 3 rings (SSSR count). The highest BCUT2D eigenvalue weighted by Gasteiger charge is 2.21. The molecule has 0 fully saturated rings. The van der Waals surface area contributed by atoms with Crippen LogP contribution in [0, 0.1) is 0 Å². The first-order chi connectivity index (χ1) is 14.6. The van der Waals surface area contributed by atoms with E-state index in [2.05, 4.69) is 15.7 Å². The molecule has 1 heterocycles. The number of benzene rings is 2. The van der Waals surface area contributed by atoms with Crippen LogP contribution >= 0.6 is 0 Å². The van der Waals surface area contributed by atoms with Crippen LogP contribution in [0.25, 0.3) is 0 Å². The lowest BCUT2D eigenvalue weighted by molar-refractivity contribution is -0.133. The van der Waals surface area contributed by atoms with Crippen LogP contribution in [0.15, 0.2) is 59.7 Å². The van der Waals surface area contributed by atoms with E-state index >= 15 is 0 Å². The normalized spacial score (nSPS) is 13.0. The minimum absolute atomic E-state index is 0.0987. The Morgan fingerprint density at radius 1 is 1.00 bits per heavy atom. The maximum atomic E-state index is 12.4. The highest BCUT2D eigenvalue weighted by atomic mass is 16.2. The van der Waals surface area contributed by atoms with E-state index in [-0.39, 0.29) is 30.6 Å². The third-order valence-electron chi connectivity index (χ3n) is 4.78. The van der Waals surface area contributed by atoms with Crippen molar-refractivity contribution in [3.63, 3.8) is 0 Å². The number of hydrogen-bond acceptors (Lipinski definition) is 4. The van der Waals surface area contributed by atoms with Gasteiger partial charge in [-0.15, -0.1) is 0 Å². The summed E-state index contributed by atoms with van der Waals surface area (Å²) in [6.07, 6.45) is 0.918. The van der Waals surface area contributed by atoms with Crippen molar-refractivity contribution in [2.24, 2.45) is 5.10 Å². The third-order valence-corrected chi connectivity index (χ3v) is 4.78. The van der Waals surface area contributed by atoms with Gasteiger partial charge in [0, 0.05) is 37.9 Å². The van der Waals surface area contributed by atoms with Crippen molar-refractivity contribution in [2.75, 3.05) is 13.1 Å². The number of nitrogens with one attached hydrogen (secondary N) is 2. The Morgan fingerprint density at radius 3 is 2.57 bits per heavy atom. The predicted molar refractivity (Wildman–Crippen MR) is 115 cm³/mol. The molecule has 2 N–H and O–H groups in total. The molecule has 0 atom stereocenters. The molecule has 0 bridgehead atoms. The predicted octanol–water partition coefficient (Wildman–Crippen LogP) is 2.47. The molecule has 0 unspecified atom stereocenters. The van der Waals surface area contributed by atoms with Gasteiger partial charge in [-0.2, -0.15) is 5.10 Å². The number of hydrogen-bond donors (Lipinski definition) is 2. The van der Waals surface area contributed by atoms with Gasteiger partial charge in [0.05, 0.1) is 12.3 Å². The highest BCUT2D eigenvalue weighted by Crippen LogP contribution is 2.15. The summed E-state index contributed by atoms with van der Waals surface area (Å²) in [6.45, 7) is 3.26. The van der Waals surface area contributed by atoms with Gasteiger partial charge in [0.15, 0.2) is 0 Å². The first-order valence-corrected chi connectivity index (χ1v) is 10.1. The van der Waals surface area contributed by atoms with Crippen molar-refractivity contribution < 1.29 is 14.4 Å². The number of nitrogens with zero attached hydrogens (tertiary/aromatic N) is 2. The Morgan fingerprint density at radius 2 is 1.80 bits per heavy atom. The molecule has 0 spiro atoms. The van der Waals surface area contributed by atoms with Crippen LogP contribution in [0.2, 0.25) is 0 Å². The topological polar surface area (TPSA) is 90.9 Å². The first kappa shape index (κ1) is 21.2. The van der Waals surface area contributed by atoms with Gasteiger partial charge >= 0.3 is 0 Å². The maximum Gasteiger partial charge on any atom is 0.251 e. The molecule has 1 aliphatic heterocycles.